The van der Waals surface area contributed by atoms with E-state index < -0.39 is 0 Å². The lowest BCUT2D eigenvalue weighted by Crippen LogP contribution is -2.24. The van der Waals surface area contributed by atoms with E-state index in [1.165, 1.54) is 0 Å². The molecule has 0 fully saturated rings. The van der Waals surface area contributed by atoms with Crippen molar-refractivity contribution in [3.8, 4) is 11.4 Å². The lowest BCUT2D eigenvalue weighted by Gasteiger charge is -2.08. The quantitative estimate of drug-likeness (QED) is 0.769. The van der Waals surface area contributed by atoms with E-state index in [9.17, 15) is 4.79 Å². The summed E-state index contributed by atoms with van der Waals surface area (Å²) < 4.78 is 10.4. The van der Waals surface area contributed by atoms with E-state index in [1.54, 1.807) is 24.3 Å². The summed E-state index contributed by atoms with van der Waals surface area (Å²) >= 11 is 5.86. The zero-order valence-electron chi connectivity index (χ0n) is 13.3. The van der Waals surface area contributed by atoms with Crippen molar-refractivity contribution in [1.29, 1.82) is 0 Å². The molecule has 0 radical (unpaired) electrons. The Morgan fingerprint density at radius 1 is 1.12 bits per heavy atom. The molecule has 1 aliphatic rings. The number of nitrogens with zero attached hydrogens (tertiary/aromatic N) is 3. The highest BCUT2D eigenvalue weighted by molar-refractivity contribution is 6.30. The summed E-state index contributed by atoms with van der Waals surface area (Å²) in [6.45, 7) is 0.126. The Kier molecular flexibility index (Phi) is 4.23. The fraction of sp³-hybridized carbons (Fsp3) is 0.294. The molecule has 0 saturated carbocycles. The normalized spacial score (nSPS) is 13.5. The first-order valence-electron chi connectivity index (χ1n) is 8.05. The van der Waals surface area contributed by atoms with Gasteiger partial charge in [0, 0.05) is 22.6 Å². The molecule has 1 aromatic carbocycles. The SMILES string of the molecule is O=C(NCc1nc(-c2ccc(Cl)cc2)no1)c1noc2c1CCCC2. The van der Waals surface area contributed by atoms with Gasteiger partial charge >= 0.3 is 0 Å². The summed E-state index contributed by atoms with van der Waals surface area (Å²) in [4.78, 5) is 16.6. The predicted octanol–water partition coefficient (Wildman–Crippen LogP) is 3.19. The second kappa shape index (κ2) is 6.68. The standard InChI is InChI=1S/C17H15ClN4O3/c18-11-7-5-10(6-8-11)16-20-14(25-22-16)9-19-17(23)15-12-3-1-2-4-13(12)24-21-15/h5-8H,1-4,9H2,(H,19,23). The Balaban J connectivity index is 1.42. The molecule has 8 heteroatoms. The lowest BCUT2D eigenvalue weighted by molar-refractivity contribution is 0.0936. The molecular weight excluding hydrogens is 344 g/mol. The van der Waals surface area contributed by atoms with Crippen molar-refractivity contribution < 1.29 is 13.8 Å². The maximum Gasteiger partial charge on any atom is 0.274 e. The maximum absolute atomic E-state index is 12.3. The molecule has 2 heterocycles. The van der Waals surface area contributed by atoms with Crippen molar-refractivity contribution in [2.24, 2.45) is 0 Å². The van der Waals surface area contributed by atoms with Crippen LogP contribution in [0.1, 0.15) is 40.5 Å². The van der Waals surface area contributed by atoms with Gasteiger partial charge in [-0.2, -0.15) is 4.98 Å². The molecule has 2 aromatic heterocycles. The Bertz CT molecular complexity index is 901. The van der Waals surface area contributed by atoms with Crippen LogP contribution in [0.5, 0.6) is 0 Å². The number of rotatable bonds is 4. The van der Waals surface area contributed by atoms with Crippen LogP contribution in [0.25, 0.3) is 11.4 Å². The smallest absolute Gasteiger partial charge is 0.274 e. The van der Waals surface area contributed by atoms with Gasteiger partial charge in [0.15, 0.2) is 5.69 Å². The second-order valence-corrected chi connectivity index (χ2v) is 6.28. The second-order valence-electron chi connectivity index (χ2n) is 5.84. The molecule has 1 amide bonds. The third-order valence-electron chi connectivity index (χ3n) is 4.14. The van der Waals surface area contributed by atoms with Crippen molar-refractivity contribution >= 4 is 17.5 Å². The number of halogens is 1. The van der Waals surface area contributed by atoms with Crippen LogP contribution in [0.2, 0.25) is 5.02 Å². The fourth-order valence-electron chi connectivity index (χ4n) is 2.85. The zero-order chi connectivity index (χ0) is 17.2. The van der Waals surface area contributed by atoms with Crippen molar-refractivity contribution in [1.82, 2.24) is 20.6 Å². The van der Waals surface area contributed by atoms with E-state index in [4.69, 9.17) is 20.6 Å². The number of nitrogens with one attached hydrogen (secondary N) is 1. The minimum absolute atomic E-state index is 0.126. The number of aryl methyl sites for hydroxylation is 1. The Labute approximate surface area is 148 Å². The molecule has 4 rings (SSSR count). The van der Waals surface area contributed by atoms with E-state index in [0.717, 1.165) is 42.6 Å². The first kappa shape index (κ1) is 15.8. The number of hydrogen-bond donors (Lipinski definition) is 1. The molecule has 3 aromatic rings. The Hall–Kier alpha value is -2.67. The van der Waals surface area contributed by atoms with E-state index in [0.29, 0.717) is 22.4 Å². The first-order chi connectivity index (χ1) is 12.2. The highest BCUT2D eigenvalue weighted by Gasteiger charge is 2.24. The monoisotopic (exact) mass is 358 g/mol. The highest BCUT2D eigenvalue weighted by Crippen LogP contribution is 2.24. The molecule has 0 aliphatic heterocycles. The maximum atomic E-state index is 12.3. The number of hydrogen-bond acceptors (Lipinski definition) is 6. The molecule has 25 heavy (non-hydrogen) atoms. The van der Waals surface area contributed by atoms with E-state index in [-0.39, 0.29) is 12.5 Å². The molecule has 0 atom stereocenters. The number of amides is 1. The molecule has 0 spiro atoms. The van der Waals surface area contributed by atoms with E-state index in [2.05, 4.69) is 20.6 Å². The molecule has 1 N–H and O–H groups in total. The van der Waals surface area contributed by atoms with Gasteiger partial charge in [-0.05, 0) is 43.5 Å². The topological polar surface area (TPSA) is 94.1 Å². The van der Waals surface area contributed by atoms with Crippen molar-refractivity contribution in [3.63, 3.8) is 0 Å². The van der Waals surface area contributed by atoms with Crippen LogP contribution in [0, 0.1) is 0 Å². The van der Waals surface area contributed by atoms with Crippen LogP contribution in [-0.2, 0) is 19.4 Å². The van der Waals surface area contributed by atoms with Crippen molar-refractivity contribution in [3.05, 3.63) is 52.2 Å². The van der Waals surface area contributed by atoms with Gasteiger partial charge in [0.1, 0.15) is 5.76 Å². The molecular formula is C17H15ClN4O3. The Morgan fingerprint density at radius 2 is 1.92 bits per heavy atom. The van der Waals surface area contributed by atoms with Gasteiger partial charge in [-0.3, -0.25) is 4.79 Å². The average Bonchev–Trinajstić information content (AvgIpc) is 3.27. The number of carbonyl (C=O) groups excluding carboxylic acids is 1. The van der Waals surface area contributed by atoms with Gasteiger partial charge in [0.05, 0.1) is 6.54 Å². The summed E-state index contributed by atoms with van der Waals surface area (Å²) in [6.07, 6.45) is 3.77. The molecule has 1 aliphatic carbocycles. The fourth-order valence-corrected chi connectivity index (χ4v) is 2.97. The van der Waals surface area contributed by atoms with Gasteiger partial charge < -0.3 is 14.4 Å². The number of aromatic nitrogens is 3. The summed E-state index contributed by atoms with van der Waals surface area (Å²) in [7, 11) is 0. The van der Waals surface area contributed by atoms with Crippen LogP contribution in [0.4, 0.5) is 0 Å². The Morgan fingerprint density at radius 3 is 2.76 bits per heavy atom. The van der Waals surface area contributed by atoms with Crippen LogP contribution >= 0.6 is 11.6 Å². The molecule has 7 nitrogen and oxygen atoms in total. The van der Waals surface area contributed by atoms with Gasteiger partial charge in [0.25, 0.3) is 5.91 Å². The molecule has 0 unspecified atom stereocenters. The largest absolute Gasteiger partial charge is 0.360 e. The zero-order valence-corrected chi connectivity index (χ0v) is 14.0. The van der Waals surface area contributed by atoms with Crippen LogP contribution < -0.4 is 5.32 Å². The van der Waals surface area contributed by atoms with E-state index >= 15 is 0 Å². The number of benzene rings is 1. The van der Waals surface area contributed by atoms with Gasteiger partial charge in [-0.1, -0.05) is 21.9 Å². The summed E-state index contributed by atoms with van der Waals surface area (Å²) in [6, 6.07) is 7.11. The van der Waals surface area contributed by atoms with Crippen molar-refractivity contribution in [2.75, 3.05) is 0 Å². The van der Waals surface area contributed by atoms with Gasteiger partial charge in [0.2, 0.25) is 11.7 Å². The predicted molar refractivity (Wildman–Crippen MR) is 89.1 cm³/mol. The van der Waals surface area contributed by atoms with Gasteiger partial charge in [-0.25, -0.2) is 0 Å². The van der Waals surface area contributed by atoms with Crippen LogP contribution in [-0.4, -0.2) is 21.2 Å². The average molecular weight is 359 g/mol. The molecule has 0 saturated heterocycles. The number of carbonyl (C=O) groups is 1. The highest BCUT2D eigenvalue weighted by atomic mass is 35.5. The third kappa shape index (κ3) is 3.28. The van der Waals surface area contributed by atoms with Crippen molar-refractivity contribution in [2.45, 2.75) is 32.2 Å². The first-order valence-corrected chi connectivity index (χ1v) is 8.42. The van der Waals surface area contributed by atoms with Crippen LogP contribution in [0.3, 0.4) is 0 Å². The molecule has 128 valence electrons. The minimum Gasteiger partial charge on any atom is -0.360 e. The summed E-state index contributed by atoms with van der Waals surface area (Å²) in [5, 5.41) is 11.2. The number of fused-ring (bicyclic) bond motifs is 1. The van der Waals surface area contributed by atoms with Crippen LogP contribution in [0.15, 0.2) is 33.3 Å². The molecule has 0 bridgehead atoms. The summed E-state index contributed by atoms with van der Waals surface area (Å²) in [5.41, 5.74) is 2.06. The third-order valence-corrected chi connectivity index (χ3v) is 4.39. The minimum atomic E-state index is -0.293. The van der Waals surface area contributed by atoms with Gasteiger partial charge in [-0.15, -0.1) is 0 Å². The van der Waals surface area contributed by atoms with E-state index in [1.807, 2.05) is 0 Å². The lowest BCUT2D eigenvalue weighted by atomic mass is 9.96. The summed E-state index contributed by atoms with van der Waals surface area (Å²) in [5.74, 6) is 1.28.